The largest absolute Gasteiger partial charge is 0.396 e. The number of fused-ring (bicyclic) bond motifs is 1. The Balaban J connectivity index is 1.90. The highest BCUT2D eigenvalue weighted by Crippen LogP contribution is 2.63. The van der Waals surface area contributed by atoms with Gasteiger partial charge in [0.05, 0.1) is 12.2 Å². The fraction of sp³-hybridized carbons (Fsp3) is 0.900. The minimum Gasteiger partial charge on any atom is -0.396 e. The fourth-order valence-corrected chi connectivity index (χ4v) is 6.52. The SMILES string of the molecule is C=C1C(O)CC2C(CN)C(C3(C)CCC(O)CC3CO)CCC12C. The predicted octanol–water partition coefficient (Wildman–Crippen LogP) is 2.07. The van der Waals surface area contributed by atoms with E-state index in [0.717, 1.165) is 37.7 Å². The Bertz CT molecular complexity index is 495. The Morgan fingerprint density at radius 1 is 1.12 bits per heavy atom. The third-order valence-corrected chi connectivity index (χ3v) is 8.28. The van der Waals surface area contributed by atoms with Crippen molar-refractivity contribution in [2.45, 2.75) is 64.6 Å². The molecule has 0 spiro atoms. The molecule has 5 N–H and O–H groups in total. The summed E-state index contributed by atoms with van der Waals surface area (Å²) in [7, 11) is 0. The molecule has 4 heteroatoms. The van der Waals surface area contributed by atoms with Gasteiger partial charge in [0.2, 0.25) is 0 Å². The van der Waals surface area contributed by atoms with E-state index >= 15 is 0 Å². The molecule has 0 aromatic rings. The standard InChI is InChI=1S/C20H35NO3/c1-12-18(24)9-17-15(10-21)16(5-7-19(12,17)2)20(3)6-4-14(23)8-13(20)11-22/h13-18,22-24H,1,4-11,21H2,2-3H3. The third kappa shape index (κ3) is 2.57. The normalized spacial score (nSPS) is 52.3. The second kappa shape index (κ2) is 6.39. The summed E-state index contributed by atoms with van der Waals surface area (Å²) in [6.07, 6.45) is 4.67. The minimum atomic E-state index is -0.401. The summed E-state index contributed by atoms with van der Waals surface area (Å²) in [4.78, 5) is 0. The molecule has 3 fully saturated rings. The first kappa shape index (κ1) is 18.4. The van der Waals surface area contributed by atoms with E-state index in [2.05, 4.69) is 20.4 Å². The van der Waals surface area contributed by atoms with Crippen molar-refractivity contribution in [1.82, 2.24) is 0 Å². The number of hydrogen-bond donors (Lipinski definition) is 4. The number of hydrogen-bond acceptors (Lipinski definition) is 4. The quantitative estimate of drug-likeness (QED) is 0.594. The molecule has 0 aromatic heterocycles. The third-order valence-electron chi connectivity index (χ3n) is 8.28. The molecule has 3 aliphatic carbocycles. The van der Waals surface area contributed by atoms with E-state index < -0.39 is 6.10 Å². The highest BCUT2D eigenvalue weighted by atomic mass is 16.3. The van der Waals surface area contributed by atoms with Gasteiger partial charge in [0.15, 0.2) is 0 Å². The summed E-state index contributed by atoms with van der Waals surface area (Å²) < 4.78 is 0. The van der Waals surface area contributed by atoms with Crippen LogP contribution in [0.3, 0.4) is 0 Å². The molecule has 4 nitrogen and oxygen atoms in total. The van der Waals surface area contributed by atoms with E-state index in [1.807, 2.05) is 0 Å². The highest BCUT2D eigenvalue weighted by Gasteiger charge is 2.58. The molecule has 0 radical (unpaired) electrons. The van der Waals surface area contributed by atoms with Crippen LogP contribution in [0.2, 0.25) is 0 Å². The van der Waals surface area contributed by atoms with E-state index in [0.29, 0.717) is 30.7 Å². The molecule has 8 unspecified atom stereocenters. The van der Waals surface area contributed by atoms with E-state index in [4.69, 9.17) is 5.73 Å². The molecule has 3 aliphatic rings. The van der Waals surface area contributed by atoms with Gasteiger partial charge in [-0.15, -0.1) is 0 Å². The van der Waals surface area contributed by atoms with E-state index in [1.54, 1.807) is 0 Å². The van der Waals surface area contributed by atoms with Gasteiger partial charge in [0, 0.05) is 6.61 Å². The summed E-state index contributed by atoms with van der Waals surface area (Å²) in [5.41, 5.74) is 7.27. The van der Waals surface area contributed by atoms with E-state index in [1.165, 1.54) is 0 Å². The fourth-order valence-electron chi connectivity index (χ4n) is 6.52. The molecular formula is C20H35NO3. The second-order valence-corrected chi connectivity index (χ2v) is 9.16. The maximum absolute atomic E-state index is 10.4. The summed E-state index contributed by atoms with van der Waals surface area (Å²) in [5, 5.41) is 30.4. The lowest BCUT2D eigenvalue weighted by molar-refractivity contribution is -0.0920. The average molecular weight is 338 g/mol. The second-order valence-electron chi connectivity index (χ2n) is 9.16. The maximum atomic E-state index is 10.4. The molecule has 0 heterocycles. The molecule has 24 heavy (non-hydrogen) atoms. The summed E-state index contributed by atoms with van der Waals surface area (Å²) in [5.74, 6) is 1.32. The maximum Gasteiger partial charge on any atom is 0.0756 e. The van der Waals surface area contributed by atoms with Crippen molar-refractivity contribution in [1.29, 1.82) is 0 Å². The van der Waals surface area contributed by atoms with Crippen LogP contribution < -0.4 is 5.73 Å². The first-order valence-electron chi connectivity index (χ1n) is 9.64. The van der Waals surface area contributed by atoms with Crippen molar-refractivity contribution in [3.8, 4) is 0 Å². The van der Waals surface area contributed by atoms with Crippen molar-refractivity contribution in [3.63, 3.8) is 0 Å². The molecule has 0 bridgehead atoms. The molecule has 0 amide bonds. The molecule has 3 saturated carbocycles. The van der Waals surface area contributed by atoms with Crippen molar-refractivity contribution in [2.75, 3.05) is 13.2 Å². The van der Waals surface area contributed by atoms with Gasteiger partial charge in [-0.3, -0.25) is 0 Å². The van der Waals surface area contributed by atoms with Crippen LogP contribution in [0.15, 0.2) is 12.2 Å². The minimum absolute atomic E-state index is 0.000788. The molecule has 8 atom stereocenters. The monoisotopic (exact) mass is 337 g/mol. The van der Waals surface area contributed by atoms with Crippen LogP contribution >= 0.6 is 0 Å². The van der Waals surface area contributed by atoms with Gasteiger partial charge in [0.25, 0.3) is 0 Å². The van der Waals surface area contributed by atoms with Crippen molar-refractivity contribution in [3.05, 3.63) is 12.2 Å². The molecular weight excluding hydrogens is 302 g/mol. The Hall–Kier alpha value is -0.420. The van der Waals surface area contributed by atoms with Crippen LogP contribution in [0.5, 0.6) is 0 Å². The van der Waals surface area contributed by atoms with Crippen LogP contribution in [-0.2, 0) is 0 Å². The van der Waals surface area contributed by atoms with Gasteiger partial charge >= 0.3 is 0 Å². The zero-order valence-corrected chi connectivity index (χ0v) is 15.2. The van der Waals surface area contributed by atoms with Gasteiger partial charge < -0.3 is 21.1 Å². The lowest BCUT2D eigenvalue weighted by Crippen LogP contribution is -2.52. The smallest absolute Gasteiger partial charge is 0.0756 e. The van der Waals surface area contributed by atoms with Crippen molar-refractivity contribution >= 4 is 0 Å². The number of aliphatic hydroxyl groups is 3. The van der Waals surface area contributed by atoms with E-state index in [9.17, 15) is 15.3 Å². The van der Waals surface area contributed by atoms with Crippen LogP contribution in [0.1, 0.15) is 52.4 Å². The lowest BCUT2D eigenvalue weighted by atomic mass is 9.49. The molecule has 0 aliphatic heterocycles. The van der Waals surface area contributed by atoms with Crippen molar-refractivity contribution in [2.24, 2.45) is 40.2 Å². The first-order valence-corrected chi connectivity index (χ1v) is 9.64. The van der Waals surface area contributed by atoms with Gasteiger partial charge in [-0.25, -0.2) is 0 Å². The first-order chi connectivity index (χ1) is 11.3. The Kier molecular flexibility index (Phi) is 4.89. The molecule has 3 rings (SSSR count). The van der Waals surface area contributed by atoms with Crippen LogP contribution in [0, 0.1) is 34.5 Å². The van der Waals surface area contributed by atoms with Crippen LogP contribution in [0.4, 0.5) is 0 Å². The topological polar surface area (TPSA) is 86.7 Å². The summed E-state index contributed by atoms with van der Waals surface area (Å²) in [6.45, 7) is 9.51. The zero-order chi connectivity index (χ0) is 17.7. The molecule has 138 valence electrons. The number of rotatable bonds is 3. The Morgan fingerprint density at radius 2 is 1.83 bits per heavy atom. The van der Waals surface area contributed by atoms with Gasteiger partial charge in [-0.1, -0.05) is 20.4 Å². The van der Waals surface area contributed by atoms with Gasteiger partial charge in [-0.05, 0) is 85.1 Å². The highest BCUT2D eigenvalue weighted by molar-refractivity contribution is 5.25. The number of aliphatic hydroxyl groups excluding tert-OH is 3. The Morgan fingerprint density at radius 3 is 2.46 bits per heavy atom. The predicted molar refractivity (Wildman–Crippen MR) is 95.2 cm³/mol. The van der Waals surface area contributed by atoms with Gasteiger partial charge in [0.1, 0.15) is 0 Å². The van der Waals surface area contributed by atoms with Crippen LogP contribution in [-0.4, -0.2) is 40.7 Å². The lowest BCUT2D eigenvalue weighted by Gasteiger charge is -2.56. The van der Waals surface area contributed by atoms with Crippen LogP contribution in [0.25, 0.3) is 0 Å². The Labute approximate surface area is 146 Å². The van der Waals surface area contributed by atoms with E-state index in [-0.39, 0.29) is 29.5 Å². The summed E-state index contributed by atoms with van der Waals surface area (Å²) >= 11 is 0. The molecule has 0 aromatic carbocycles. The number of nitrogens with two attached hydrogens (primary N) is 1. The van der Waals surface area contributed by atoms with Crippen molar-refractivity contribution < 1.29 is 15.3 Å². The zero-order valence-electron chi connectivity index (χ0n) is 15.2. The average Bonchev–Trinajstić information content (AvgIpc) is 2.79. The molecule has 0 saturated heterocycles. The summed E-state index contributed by atoms with van der Waals surface area (Å²) in [6, 6.07) is 0. The van der Waals surface area contributed by atoms with Gasteiger partial charge in [-0.2, -0.15) is 0 Å².